The summed E-state index contributed by atoms with van der Waals surface area (Å²) in [6.07, 6.45) is 9.44. The van der Waals surface area contributed by atoms with E-state index in [1.54, 1.807) is 4.68 Å². The number of unbranched alkanes of at least 4 members (excludes halogenated alkanes) is 5. The van der Waals surface area contributed by atoms with Crippen LogP contribution in [0, 0.1) is 0 Å². The molecule has 0 unspecified atom stereocenters. The summed E-state index contributed by atoms with van der Waals surface area (Å²) in [6.45, 7) is 5.29. The Morgan fingerprint density at radius 3 is 2.65 bits per heavy atom. The summed E-state index contributed by atoms with van der Waals surface area (Å²) in [6, 6.07) is 0.288. The van der Waals surface area contributed by atoms with Gasteiger partial charge in [0.25, 0.3) is 0 Å². The molecule has 6 heteroatoms. The Labute approximate surface area is 119 Å². The molecule has 1 N–H and O–H groups in total. The van der Waals surface area contributed by atoms with Crippen LogP contribution in [-0.4, -0.2) is 50.6 Å². The lowest BCUT2D eigenvalue weighted by molar-refractivity contribution is 0.0690. The van der Waals surface area contributed by atoms with Gasteiger partial charge in [-0.05, 0) is 13.0 Å². The molecule has 112 valence electrons. The van der Waals surface area contributed by atoms with Crippen molar-refractivity contribution in [1.29, 1.82) is 0 Å². The molecule has 1 aliphatic rings. The van der Waals surface area contributed by atoms with Gasteiger partial charge in [0.15, 0.2) is 5.69 Å². The fourth-order valence-electron chi connectivity index (χ4n) is 2.56. The van der Waals surface area contributed by atoms with E-state index in [0.29, 0.717) is 0 Å². The topological polar surface area (TPSA) is 71.2 Å². The molecule has 20 heavy (non-hydrogen) atoms. The number of aromatic nitrogens is 3. The number of carbonyl (C=O) groups is 1. The Balaban J connectivity index is 1.58. The van der Waals surface area contributed by atoms with Crippen molar-refractivity contribution in [1.82, 2.24) is 19.9 Å². The average Bonchev–Trinajstić information content (AvgIpc) is 2.85. The fourth-order valence-corrected chi connectivity index (χ4v) is 2.56. The van der Waals surface area contributed by atoms with Gasteiger partial charge in [0.05, 0.1) is 12.2 Å². The zero-order valence-corrected chi connectivity index (χ0v) is 12.2. The van der Waals surface area contributed by atoms with Crippen LogP contribution in [0.2, 0.25) is 0 Å². The second-order valence-electron chi connectivity index (χ2n) is 5.57. The highest BCUT2D eigenvalue weighted by Crippen LogP contribution is 2.21. The third kappa shape index (κ3) is 4.03. The van der Waals surface area contributed by atoms with E-state index >= 15 is 0 Å². The number of likely N-dealkylation sites (tertiary alicyclic amines) is 1. The van der Waals surface area contributed by atoms with Gasteiger partial charge in [-0.15, -0.1) is 5.10 Å². The Bertz CT molecular complexity index is 427. The largest absolute Gasteiger partial charge is 0.476 e. The molecule has 2 heterocycles. The molecular weight excluding hydrogens is 256 g/mol. The van der Waals surface area contributed by atoms with Crippen LogP contribution in [0.25, 0.3) is 0 Å². The van der Waals surface area contributed by atoms with Gasteiger partial charge in [0.1, 0.15) is 0 Å². The maximum Gasteiger partial charge on any atom is 0.358 e. The van der Waals surface area contributed by atoms with Crippen LogP contribution >= 0.6 is 0 Å². The lowest BCUT2D eigenvalue weighted by Crippen LogP contribution is -2.48. The standard InChI is InChI=1S/C14H24N4O2/c1-2-3-4-5-6-7-8-17-9-12(10-17)18-11-13(14(19)20)15-16-18/h11-12H,2-10H2,1H3,(H,19,20). The smallest absolute Gasteiger partial charge is 0.358 e. The van der Waals surface area contributed by atoms with Crippen molar-refractivity contribution in [2.75, 3.05) is 19.6 Å². The maximum atomic E-state index is 10.7. The predicted octanol–water partition coefficient (Wildman–Crippen LogP) is 2.19. The molecule has 0 bridgehead atoms. The molecule has 0 amide bonds. The third-order valence-corrected chi connectivity index (χ3v) is 3.87. The van der Waals surface area contributed by atoms with Crippen LogP contribution < -0.4 is 0 Å². The normalized spacial score (nSPS) is 16.2. The first-order chi connectivity index (χ1) is 9.70. The maximum absolute atomic E-state index is 10.7. The fraction of sp³-hybridized carbons (Fsp3) is 0.786. The van der Waals surface area contributed by atoms with Crippen molar-refractivity contribution in [3.8, 4) is 0 Å². The van der Waals surface area contributed by atoms with Crippen LogP contribution in [0.5, 0.6) is 0 Å². The van der Waals surface area contributed by atoms with Crippen LogP contribution in [-0.2, 0) is 0 Å². The highest BCUT2D eigenvalue weighted by atomic mass is 16.4. The third-order valence-electron chi connectivity index (χ3n) is 3.87. The highest BCUT2D eigenvalue weighted by Gasteiger charge is 2.28. The van der Waals surface area contributed by atoms with Crippen molar-refractivity contribution in [3.63, 3.8) is 0 Å². The van der Waals surface area contributed by atoms with E-state index < -0.39 is 5.97 Å². The van der Waals surface area contributed by atoms with E-state index in [-0.39, 0.29) is 11.7 Å². The first-order valence-corrected chi connectivity index (χ1v) is 7.58. The number of hydrogen-bond donors (Lipinski definition) is 1. The molecule has 2 rings (SSSR count). The van der Waals surface area contributed by atoms with E-state index in [9.17, 15) is 4.79 Å². The summed E-state index contributed by atoms with van der Waals surface area (Å²) in [7, 11) is 0. The number of hydrogen-bond acceptors (Lipinski definition) is 4. The molecule has 0 radical (unpaired) electrons. The second kappa shape index (κ2) is 7.38. The van der Waals surface area contributed by atoms with Crippen LogP contribution in [0.1, 0.15) is 62.0 Å². The minimum Gasteiger partial charge on any atom is -0.476 e. The van der Waals surface area contributed by atoms with E-state index in [1.165, 1.54) is 44.7 Å². The van der Waals surface area contributed by atoms with Gasteiger partial charge in [0.2, 0.25) is 0 Å². The van der Waals surface area contributed by atoms with E-state index in [4.69, 9.17) is 5.11 Å². The highest BCUT2D eigenvalue weighted by molar-refractivity contribution is 5.84. The van der Waals surface area contributed by atoms with Gasteiger partial charge in [-0.25, -0.2) is 9.48 Å². The second-order valence-corrected chi connectivity index (χ2v) is 5.57. The summed E-state index contributed by atoms with van der Waals surface area (Å²) < 4.78 is 1.68. The monoisotopic (exact) mass is 280 g/mol. The number of rotatable bonds is 9. The van der Waals surface area contributed by atoms with E-state index in [1.807, 2.05) is 0 Å². The van der Waals surface area contributed by atoms with Crippen LogP contribution in [0.4, 0.5) is 0 Å². The van der Waals surface area contributed by atoms with Crippen LogP contribution in [0.15, 0.2) is 6.20 Å². The summed E-state index contributed by atoms with van der Waals surface area (Å²) in [5, 5.41) is 16.3. The van der Waals surface area contributed by atoms with Gasteiger partial charge in [-0.3, -0.25) is 4.90 Å². The molecule has 1 aliphatic heterocycles. The number of nitrogens with zero attached hydrogens (tertiary/aromatic N) is 4. The van der Waals surface area contributed by atoms with Crippen molar-refractivity contribution in [2.45, 2.75) is 51.5 Å². The number of carboxylic acids is 1. The first-order valence-electron chi connectivity index (χ1n) is 7.58. The van der Waals surface area contributed by atoms with Crippen molar-refractivity contribution < 1.29 is 9.90 Å². The number of carboxylic acid groups (broad SMARTS) is 1. The Morgan fingerprint density at radius 2 is 2.00 bits per heavy atom. The molecule has 0 spiro atoms. The first kappa shape index (κ1) is 15.0. The Kier molecular flexibility index (Phi) is 5.52. The van der Waals surface area contributed by atoms with E-state index in [2.05, 4.69) is 22.1 Å². The molecular formula is C14H24N4O2. The molecule has 1 aromatic heterocycles. The average molecular weight is 280 g/mol. The van der Waals surface area contributed by atoms with Crippen molar-refractivity contribution in [2.24, 2.45) is 0 Å². The van der Waals surface area contributed by atoms with Crippen molar-refractivity contribution in [3.05, 3.63) is 11.9 Å². The lowest BCUT2D eigenvalue weighted by atomic mass is 10.1. The Morgan fingerprint density at radius 1 is 1.30 bits per heavy atom. The summed E-state index contributed by atoms with van der Waals surface area (Å²) in [4.78, 5) is 13.1. The van der Waals surface area contributed by atoms with Crippen molar-refractivity contribution >= 4 is 5.97 Å². The molecule has 1 aromatic rings. The molecule has 0 atom stereocenters. The van der Waals surface area contributed by atoms with Gasteiger partial charge in [-0.1, -0.05) is 44.2 Å². The zero-order chi connectivity index (χ0) is 14.4. The molecule has 0 aromatic carbocycles. The Hall–Kier alpha value is -1.43. The van der Waals surface area contributed by atoms with E-state index in [0.717, 1.165) is 19.6 Å². The minimum absolute atomic E-state index is 0.0272. The number of aromatic carboxylic acids is 1. The minimum atomic E-state index is -1.01. The predicted molar refractivity (Wildman–Crippen MR) is 75.8 cm³/mol. The van der Waals surface area contributed by atoms with Gasteiger partial charge in [0, 0.05) is 13.1 Å². The van der Waals surface area contributed by atoms with Gasteiger partial charge >= 0.3 is 5.97 Å². The molecule has 1 saturated heterocycles. The quantitative estimate of drug-likeness (QED) is 0.702. The molecule has 0 saturated carbocycles. The molecule has 1 fully saturated rings. The summed E-state index contributed by atoms with van der Waals surface area (Å²) in [5.74, 6) is -1.01. The summed E-state index contributed by atoms with van der Waals surface area (Å²) in [5.41, 5.74) is 0.0272. The zero-order valence-electron chi connectivity index (χ0n) is 12.2. The SMILES string of the molecule is CCCCCCCCN1CC(n2cc(C(=O)O)nn2)C1. The molecule has 6 nitrogen and oxygen atoms in total. The summed E-state index contributed by atoms with van der Waals surface area (Å²) >= 11 is 0. The van der Waals surface area contributed by atoms with Crippen LogP contribution in [0.3, 0.4) is 0 Å². The van der Waals surface area contributed by atoms with Gasteiger partial charge in [-0.2, -0.15) is 0 Å². The van der Waals surface area contributed by atoms with Gasteiger partial charge < -0.3 is 5.11 Å². The lowest BCUT2D eigenvalue weighted by Gasteiger charge is -2.38. The molecule has 0 aliphatic carbocycles.